The van der Waals surface area contributed by atoms with Gasteiger partial charge < -0.3 is 10.6 Å². The van der Waals surface area contributed by atoms with Gasteiger partial charge in [0.2, 0.25) is 0 Å². The Bertz CT molecular complexity index is 350. The minimum atomic E-state index is 0.113. The Hall–Kier alpha value is -0.950. The predicted molar refractivity (Wildman–Crippen MR) is 53.8 cm³/mol. The van der Waals surface area contributed by atoms with Crippen LogP contribution in [-0.2, 0) is 9.63 Å². The fraction of sp³-hybridized carbons (Fsp3) is 0.167. The Balaban J connectivity index is 3.11. The van der Waals surface area contributed by atoms with Crippen LogP contribution in [0.15, 0.2) is 8.94 Å². The van der Waals surface area contributed by atoms with Crippen LogP contribution in [0.4, 0.5) is 5.13 Å². The number of carbonyl (C=O) groups is 1. The number of nitrogens with zero attached hydrogens (tertiary/aromatic N) is 2. The van der Waals surface area contributed by atoms with Gasteiger partial charge in [0, 0.05) is 0 Å². The minimum Gasteiger partial charge on any atom is -0.398 e. The number of aldehydes is 1. The fourth-order valence-electron chi connectivity index (χ4n) is 0.694. The molecule has 7 heteroatoms. The standard InChI is InChI=1S/C6H6BrN3O2S/c1-12-10-3(2-11)4-5(7)13-6(8)9-4/h2H,1H3,(H2,8,9). The zero-order valence-electron chi connectivity index (χ0n) is 6.65. The van der Waals surface area contributed by atoms with Gasteiger partial charge in [-0.2, -0.15) is 0 Å². The molecule has 70 valence electrons. The predicted octanol–water partition coefficient (Wildman–Crippen LogP) is 1.04. The van der Waals surface area contributed by atoms with Gasteiger partial charge in [0.05, 0.1) is 0 Å². The van der Waals surface area contributed by atoms with E-state index < -0.39 is 0 Å². The molecule has 0 saturated heterocycles. The Labute approximate surface area is 86.7 Å². The van der Waals surface area contributed by atoms with Crippen LogP contribution in [0.1, 0.15) is 5.69 Å². The van der Waals surface area contributed by atoms with E-state index in [1.807, 2.05) is 0 Å². The highest BCUT2D eigenvalue weighted by Gasteiger charge is 2.13. The molecule has 0 amide bonds. The summed E-state index contributed by atoms with van der Waals surface area (Å²) in [6, 6.07) is 0. The van der Waals surface area contributed by atoms with Crippen molar-refractivity contribution in [3.05, 3.63) is 9.48 Å². The second-order valence-electron chi connectivity index (χ2n) is 1.95. The summed E-state index contributed by atoms with van der Waals surface area (Å²) < 4.78 is 0.660. The molecule has 13 heavy (non-hydrogen) atoms. The summed E-state index contributed by atoms with van der Waals surface area (Å²) in [5.74, 6) is 0. The van der Waals surface area contributed by atoms with Crippen molar-refractivity contribution in [3.63, 3.8) is 0 Å². The van der Waals surface area contributed by atoms with Crippen LogP contribution < -0.4 is 5.73 Å². The molecule has 0 aliphatic heterocycles. The number of hydrogen-bond acceptors (Lipinski definition) is 6. The van der Waals surface area contributed by atoms with Gasteiger partial charge >= 0.3 is 0 Å². The summed E-state index contributed by atoms with van der Waals surface area (Å²) in [5.41, 5.74) is 5.95. The van der Waals surface area contributed by atoms with E-state index in [1.165, 1.54) is 18.4 Å². The van der Waals surface area contributed by atoms with Crippen LogP contribution in [0.5, 0.6) is 0 Å². The molecule has 0 aliphatic rings. The highest BCUT2D eigenvalue weighted by atomic mass is 79.9. The number of aromatic nitrogens is 1. The lowest BCUT2D eigenvalue weighted by Crippen LogP contribution is -2.04. The number of anilines is 1. The normalized spacial score (nSPS) is 11.4. The first-order chi connectivity index (χ1) is 6.19. The number of nitrogen functional groups attached to an aromatic ring is 1. The number of carbonyl (C=O) groups excluding carboxylic acids is 1. The maximum atomic E-state index is 10.5. The Kier molecular flexibility index (Phi) is 3.38. The Morgan fingerprint density at radius 2 is 2.54 bits per heavy atom. The largest absolute Gasteiger partial charge is 0.398 e. The molecule has 0 atom stereocenters. The molecule has 1 aromatic heterocycles. The van der Waals surface area contributed by atoms with Gasteiger partial charge in [-0.15, -0.1) is 0 Å². The molecule has 0 radical (unpaired) electrons. The van der Waals surface area contributed by atoms with Crippen LogP contribution in [0.3, 0.4) is 0 Å². The summed E-state index contributed by atoms with van der Waals surface area (Å²) in [6.45, 7) is 0. The molecule has 1 aromatic rings. The third-order valence-electron chi connectivity index (χ3n) is 1.15. The van der Waals surface area contributed by atoms with Crippen LogP contribution in [0.2, 0.25) is 0 Å². The van der Waals surface area contributed by atoms with Gasteiger partial charge in [0.25, 0.3) is 0 Å². The van der Waals surface area contributed by atoms with Crippen molar-refractivity contribution in [2.45, 2.75) is 0 Å². The highest BCUT2D eigenvalue weighted by molar-refractivity contribution is 9.11. The smallest absolute Gasteiger partial charge is 0.181 e. The van der Waals surface area contributed by atoms with Crippen molar-refractivity contribution in [1.82, 2.24) is 4.98 Å². The lowest BCUT2D eigenvalue weighted by Gasteiger charge is -1.92. The van der Waals surface area contributed by atoms with Gasteiger partial charge in [-0.3, -0.25) is 4.79 Å². The van der Waals surface area contributed by atoms with Crippen molar-refractivity contribution in [1.29, 1.82) is 0 Å². The van der Waals surface area contributed by atoms with Crippen LogP contribution in [-0.4, -0.2) is 24.1 Å². The van der Waals surface area contributed by atoms with Gasteiger partial charge in [-0.25, -0.2) is 4.98 Å². The van der Waals surface area contributed by atoms with Gasteiger partial charge in [0.1, 0.15) is 16.6 Å². The minimum absolute atomic E-state index is 0.113. The number of halogens is 1. The number of thiazole rings is 1. The zero-order valence-corrected chi connectivity index (χ0v) is 9.05. The van der Waals surface area contributed by atoms with E-state index in [1.54, 1.807) is 0 Å². The molecule has 2 N–H and O–H groups in total. The fourth-order valence-corrected chi connectivity index (χ4v) is 2.05. The molecule has 0 unspecified atom stereocenters. The van der Waals surface area contributed by atoms with Crippen LogP contribution >= 0.6 is 27.3 Å². The second kappa shape index (κ2) is 4.33. The molecular weight excluding hydrogens is 258 g/mol. The molecule has 1 heterocycles. The molecule has 0 aliphatic carbocycles. The first-order valence-electron chi connectivity index (χ1n) is 3.17. The van der Waals surface area contributed by atoms with Crippen molar-refractivity contribution >= 4 is 44.4 Å². The maximum Gasteiger partial charge on any atom is 0.181 e. The average molecular weight is 264 g/mol. The zero-order chi connectivity index (χ0) is 9.84. The van der Waals surface area contributed by atoms with Gasteiger partial charge in [-0.1, -0.05) is 16.5 Å². The molecule has 0 saturated carbocycles. The monoisotopic (exact) mass is 263 g/mol. The van der Waals surface area contributed by atoms with Crippen LogP contribution in [0.25, 0.3) is 0 Å². The molecule has 0 aromatic carbocycles. The van der Waals surface area contributed by atoms with Crippen molar-refractivity contribution in [2.75, 3.05) is 12.8 Å². The second-order valence-corrected chi connectivity index (χ2v) is 4.30. The summed E-state index contributed by atoms with van der Waals surface area (Å²) in [6.07, 6.45) is 0.558. The van der Waals surface area contributed by atoms with E-state index in [-0.39, 0.29) is 5.71 Å². The topological polar surface area (TPSA) is 77.6 Å². The summed E-state index contributed by atoms with van der Waals surface area (Å²) >= 11 is 4.44. The summed E-state index contributed by atoms with van der Waals surface area (Å²) in [4.78, 5) is 18.9. The van der Waals surface area contributed by atoms with E-state index in [0.29, 0.717) is 20.9 Å². The molecule has 0 fully saturated rings. The van der Waals surface area contributed by atoms with E-state index in [0.717, 1.165) is 0 Å². The maximum absolute atomic E-state index is 10.5. The number of hydrogen-bond donors (Lipinski definition) is 1. The first kappa shape index (κ1) is 10.1. The van der Waals surface area contributed by atoms with E-state index in [2.05, 4.69) is 30.9 Å². The van der Waals surface area contributed by atoms with Crippen molar-refractivity contribution in [3.8, 4) is 0 Å². The number of oxime groups is 1. The highest BCUT2D eigenvalue weighted by Crippen LogP contribution is 2.26. The first-order valence-corrected chi connectivity index (χ1v) is 4.78. The third-order valence-corrected chi connectivity index (χ3v) is 2.68. The van der Waals surface area contributed by atoms with Gasteiger partial charge in [-0.05, 0) is 15.9 Å². The molecule has 5 nitrogen and oxygen atoms in total. The lowest BCUT2D eigenvalue weighted by molar-refractivity contribution is -0.102. The van der Waals surface area contributed by atoms with Crippen LogP contribution in [0, 0.1) is 0 Å². The SMILES string of the molecule is CON=C(C=O)c1nc(N)sc1Br. The Morgan fingerprint density at radius 1 is 1.85 bits per heavy atom. The van der Waals surface area contributed by atoms with Crippen molar-refractivity contribution in [2.24, 2.45) is 5.16 Å². The summed E-state index contributed by atoms with van der Waals surface area (Å²) in [7, 11) is 1.35. The van der Waals surface area contributed by atoms with Crippen molar-refractivity contribution < 1.29 is 9.63 Å². The molecule has 0 spiro atoms. The van der Waals surface area contributed by atoms with Gasteiger partial charge in [0.15, 0.2) is 17.1 Å². The third kappa shape index (κ3) is 2.25. The quantitative estimate of drug-likeness (QED) is 0.502. The molecular formula is C6H6BrN3O2S. The van der Waals surface area contributed by atoms with E-state index >= 15 is 0 Å². The van der Waals surface area contributed by atoms with E-state index in [4.69, 9.17) is 5.73 Å². The molecule has 0 bridgehead atoms. The van der Waals surface area contributed by atoms with E-state index in [9.17, 15) is 4.79 Å². The average Bonchev–Trinajstić information content (AvgIpc) is 2.41. The number of nitrogens with two attached hydrogens (primary N) is 1. The molecule has 1 rings (SSSR count). The lowest BCUT2D eigenvalue weighted by atomic mass is 10.3. The number of rotatable bonds is 3. The summed E-state index contributed by atoms with van der Waals surface area (Å²) in [5, 5.41) is 3.86. The Morgan fingerprint density at radius 3 is 2.92 bits per heavy atom.